The number of carbonyl (C=O) groups is 2. The van der Waals surface area contributed by atoms with Crippen LogP contribution in [0.5, 0.6) is 5.75 Å². The number of carbonyl (C=O) groups excluding carboxylic acids is 1. The number of rotatable bonds is 8. The number of likely N-dealkylation sites (tertiary alicyclic amines) is 2. The van der Waals surface area contributed by atoms with Crippen LogP contribution in [0.3, 0.4) is 0 Å². The zero-order valence-electron chi connectivity index (χ0n) is 26.0. The van der Waals surface area contributed by atoms with E-state index in [1.165, 1.54) is 25.3 Å². The summed E-state index contributed by atoms with van der Waals surface area (Å²) >= 11 is 0. The normalized spacial score (nSPS) is 24.1. The number of halogens is 3. The first-order valence-corrected chi connectivity index (χ1v) is 16.4. The molecular weight excluding hydrogens is 583 g/mol. The minimum Gasteiger partial charge on any atom is -0.497 e. The SMILES string of the molecule is COc1ccc([C@@H]2CN(CC3CCC3)C[C@H]2C(=O)N2CCC(c3ccc(C(F)(F)F)cc3N3CCC(C(=O)O)CC3)CC2)cc1. The third-order valence-electron chi connectivity index (χ3n) is 10.8. The number of methoxy groups -OCH3 is 1. The summed E-state index contributed by atoms with van der Waals surface area (Å²) in [6.45, 7) is 4.62. The molecule has 2 atom stereocenters. The maximum Gasteiger partial charge on any atom is 0.416 e. The van der Waals surface area contributed by atoms with E-state index in [-0.39, 0.29) is 23.7 Å². The van der Waals surface area contributed by atoms with Crippen LogP contribution in [-0.4, -0.2) is 79.7 Å². The molecule has 0 spiro atoms. The zero-order valence-corrected chi connectivity index (χ0v) is 26.0. The predicted octanol–water partition coefficient (Wildman–Crippen LogP) is 6.24. The van der Waals surface area contributed by atoms with E-state index in [2.05, 4.69) is 17.0 Å². The smallest absolute Gasteiger partial charge is 0.416 e. The molecule has 1 aliphatic carbocycles. The van der Waals surface area contributed by atoms with Crippen LogP contribution in [0, 0.1) is 17.8 Å². The zero-order chi connectivity index (χ0) is 31.7. The van der Waals surface area contributed by atoms with Crippen molar-refractivity contribution in [3.63, 3.8) is 0 Å². The number of amides is 1. The van der Waals surface area contributed by atoms with Crippen LogP contribution in [0.2, 0.25) is 0 Å². The monoisotopic (exact) mass is 627 g/mol. The quantitative estimate of drug-likeness (QED) is 0.374. The molecule has 45 heavy (non-hydrogen) atoms. The largest absolute Gasteiger partial charge is 0.497 e. The van der Waals surface area contributed by atoms with E-state index in [9.17, 15) is 27.9 Å². The summed E-state index contributed by atoms with van der Waals surface area (Å²) in [6.07, 6.45) is 1.54. The molecule has 4 aliphatic rings. The number of anilines is 1. The molecule has 0 aromatic heterocycles. The fraction of sp³-hybridized carbons (Fsp3) is 0.600. The van der Waals surface area contributed by atoms with Gasteiger partial charge in [0.05, 0.1) is 24.5 Å². The van der Waals surface area contributed by atoms with Crippen LogP contribution < -0.4 is 9.64 Å². The fourth-order valence-electron chi connectivity index (χ4n) is 7.87. The standard InChI is InChI=1S/C35H44F3N3O4/c1-45-28-8-5-24(6-9-28)30-21-39(20-23-3-2-4-23)22-31(30)33(42)41-17-11-25(12-18-41)29-10-7-27(35(36,37)38)19-32(29)40-15-13-26(14-16-40)34(43)44/h5-10,19,23,25-26,30-31H,2-4,11-18,20-22H2,1H3,(H,43,44)/t30-,31+/m0/s1. The maximum atomic E-state index is 14.1. The summed E-state index contributed by atoms with van der Waals surface area (Å²) in [5, 5.41) is 9.41. The highest BCUT2D eigenvalue weighted by atomic mass is 19.4. The van der Waals surface area contributed by atoms with Gasteiger partial charge in [-0.15, -0.1) is 0 Å². The summed E-state index contributed by atoms with van der Waals surface area (Å²) in [5.41, 5.74) is 1.89. The Hall–Kier alpha value is -3.27. The highest BCUT2D eigenvalue weighted by molar-refractivity contribution is 5.81. The summed E-state index contributed by atoms with van der Waals surface area (Å²) in [6, 6.07) is 12.1. The number of ether oxygens (including phenoxy) is 1. The van der Waals surface area contributed by atoms with E-state index in [1.54, 1.807) is 13.2 Å². The van der Waals surface area contributed by atoms with Crippen LogP contribution >= 0.6 is 0 Å². The number of piperidine rings is 2. The Morgan fingerprint density at radius 3 is 2.18 bits per heavy atom. The maximum absolute atomic E-state index is 14.1. The van der Waals surface area contributed by atoms with Crippen molar-refractivity contribution in [3.05, 3.63) is 59.2 Å². The van der Waals surface area contributed by atoms with Gasteiger partial charge in [0.2, 0.25) is 5.91 Å². The van der Waals surface area contributed by atoms with Gasteiger partial charge in [-0.25, -0.2) is 0 Å². The van der Waals surface area contributed by atoms with Crippen LogP contribution in [0.25, 0.3) is 0 Å². The van der Waals surface area contributed by atoms with E-state index in [0.29, 0.717) is 57.5 Å². The average Bonchev–Trinajstić information content (AvgIpc) is 3.46. The minimum atomic E-state index is -4.46. The average molecular weight is 628 g/mol. The van der Waals surface area contributed by atoms with Gasteiger partial charge in [-0.3, -0.25) is 9.59 Å². The first-order valence-electron chi connectivity index (χ1n) is 16.4. The van der Waals surface area contributed by atoms with Crippen LogP contribution in [0.1, 0.15) is 73.5 Å². The lowest BCUT2D eigenvalue weighted by Gasteiger charge is -2.38. The molecular formula is C35H44F3N3O4. The van der Waals surface area contributed by atoms with Crippen LogP contribution in [0.4, 0.5) is 18.9 Å². The third-order valence-corrected chi connectivity index (χ3v) is 10.8. The van der Waals surface area contributed by atoms with Gasteiger partial charge in [0, 0.05) is 57.4 Å². The lowest BCUT2D eigenvalue weighted by molar-refractivity contribution is -0.142. The van der Waals surface area contributed by atoms with Gasteiger partial charge < -0.3 is 24.5 Å². The number of hydrogen-bond donors (Lipinski definition) is 1. The summed E-state index contributed by atoms with van der Waals surface area (Å²) in [4.78, 5) is 32.0. The van der Waals surface area contributed by atoms with Crippen LogP contribution in [-0.2, 0) is 15.8 Å². The summed E-state index contributed by atoms with van der Waals surface area (Å²) in [7, 11) is 1.65. The molecule has 244 valence electrons. The molecule has 6 rings (SSSR count). The third kappa shape index (κ3) is 6.95. The van der Waals surface area contributed by atoms with Gasteiger partial charge >= 0.3 is 12.1 Å². The van der Waals surface area contributed by atoms with E-state index < -0.39 is 23.6 Å². The lowest BCUT2D eigenvalue weighted by Crippen LogP contribution is -2.43. The first-order chi connectivity index (χ1) is 21.6. The van der Waals surface area contributed by atoms with Crippen molar-refractivity contribution in [2.45, 2.75) is 63.0 Å². The van der Waals surface area contributed by atoms with Gasteiger partial charge in [0.1, 0.15) is 5.75 Å². The van der Waals surface area contributed by atoms with Gasteiger partial charge in [-0.05, 0) is 85.8 Å². The number of hydrogen-bond acceptors (Lipinski definition) is 5. The topological polar surface area (TPSA) is 73.3 Å². The number of carboxylic acid groups (broad SMARTS) is 1. The van der Waals surface area contributed by atoms with E-state index in [4.69, 9.17) is 4.74 Å². The highest BCUT2D eigenvalue weighted by Gasteiger charge is 2.42. The van der Waals surface area contributed by atoms with Crippen molar-refractivity contribution >= 4 is 17.6 Å². The van der Waals surface area contributed by atoms with Crippen molar-refractivity contribution < 1.29 is 32.6 Å². The molecule has 4 fully saturated rings. The second kappa shape index (κ2) is 13.2. The molecule has 1 amide bonds. The molecule has 7 nitrogen and oxygen atoms in total. The van der Waals surface area contributed by atoms with Gasteiger partial charge in [-0.2, -0.15) is 13.2 Å². The number of benzene rings is 2. The Morgan fingerprint density at radius 2 is 1.60 bits per heavy atom. The Balaban J connectivity index is 1.16. The molecule has 3 saturated heterocycles. The van der Waals surface area contributed by atoms with Crippen molar-refractivity contribution in [3.8, 4) is 5.75 Å². The highest BCUT2D eigenvalue weighted by Crippen LogP contribution is 2.42. The van der Waals surface area contributed by atoms with Crippen molar-refractivity contribution in [2.75, 3.05) is 57.8 Å². The van der Waals surface area contributed by atoms with Crippen molar-refractivity contribution in [1.82, 2.24) is 9.80 Å². The molecule has 3 aliphatic heterocycles. The number of aliphatic carboxylic acids is 1. The molecule has 0 bridgehead atoms. The number of nitrogens with zero attached hydrogens (tertiary/aromatic N) is 3. The fourth-order valence-corrected chi connectivity index (χ4v) is 7.87. The Morgan fingerprint density at radius 1 is 0.911 bits per heavy atom. The summed E-state index contributed by atoms with van der Waals surface area (Å²) in [5.74, 6) is 0.378. The Bertz CT molecular complexity index is 1350. The number of alkyl halides is 3. The first kappa shape index (κ1) is 31.7. The minimum absolute atomic E-state index is 0.0274. The molecule has 1 saturated carbocycles. The second-order valence-electron chi connectivity index (χ2n) is 13.5. The Kier molecular flexibility index (Phi) is 9.32. The van der Waals surface area contributed by atoms with Crippen molar-refractivity contribution in [2.24, 2.45) is 17.8 Å². The van der Waals surface area contributed by atoms with Gasteiger partial charge in [0.25, 0.3) is 0 Å². The predicted molar refractivity (Wildman–Crippen MR) is 166 cm³/mol. The molecule has 2 aromatic rings. The van der Waals surface area contributed by atoms with Gasteiger partial charge in [-0.1, -0.05) is 24.6 Å². The van der Waals surface area contributed by atoms with Gasteiger partial charge in [0.15, 0.2) is 0 Å². The summed E-state index contributed by atoms with van der Waals surface area (Å²) < 4.78 is 46.5. The van der Waals surface area contributed by atoms with Crippen molar-refractivity contribution in [1.29, 1.82) is 0 Å². The Labute approximate surface area is 263 Å². The molecule has 1 N–H and O–H groups in total. The second-order valence-corrected chi connectivity index (χ2v) is 13.5. The van der Waals surface area contributed by atoms with Crippen LogP contribution in [0.15, 0.2) is 42.5 Å². The van der Waals surface area contributed by atoms with E-state index in [1.807, 2.05) is 21.9 Å². The lowest BCUT2D eigenvalue weighted by atomic mass is 9.84. The molecule has 3 heterocycles. The number of carboxylic acids is 1. The molecule has 2 aromatic carbocycles. The molecule has 0 radical (unpaired) electrons. The van der Waals surface area contributed by atoms with E-state index >= 15 is 0 Å². The molecule has 10 heteroatoms. The molecule has 0 unspecified atom stereocenters. The van der Waals surface area contributed by atoms with E-state index in [0.717, 1.165) is 48.5 Å².